The SMILES string of the molecule is COc1ccc(N2C(=O)N(c3c(C)cccc3C)Cc3cnc(Nc4ccc(CN5CCN(Cl)CC5)cc4OC)nc32)nc1. The number of carbonyl (C=O) groups is 1. The highest BCUT2D eigenvalue weighted by molar-refractivity contribution is 6.13. The Hall–Kier alpha value is -4.45. The lowest BCUT2D eigenvalue weighted by atomic mass is 10.1. The number of aryl methyl sites for hydroxylation is 2. The first-order valence-corrected chi connectivity index (χ1v) is 14.8. The second-order valence-electron chi connectivity index (χ2n) is 10.9. The number of carbonyl (C=O) groups excluding carboxylic acids is 1. The first-order valence-electron chi connectivity index (χ1n) is 14.5. The summed E-state index contributed by atoms with van der Waals surface area (Å²) in [6.45, 7) is 8.63. The van der Waals surface area contributed by atoms with Crippen LogP contribution < -0.4 is 24.6 Å². The third-order valence-corrected chi connectivity index (χ3v) is 8.27. The number of pyridine rings is 1. The van der Waals surface area contributed by atoms with Gasteiger partial charge in [-0.3, -0.25) is 9.80 Å². The molecular formula is C32H35ClN8O3. The highest BCUT2D eigenvalue weighted by atomic mass is 35.5. The topological polar surface area (TPSA) is 99.2 Å². The number of halogens is 1. The molecule has 0 spiro atoms. The lowest BCUT2D eigenvalue weighted by molar-refractivity contribution is 0.185. The van der Waals surface area contributed by atoms with E-state index in [1.807, 2.05) is 48.6 Å². The standard InChI is InChI=1S/C32H35ClN8O3/c1-21-6-5-7-22(2)29(21)40-20-24-17-35-31(37-30(24)41(32(40)42)28-11-9-25(43-3)18-34-28)36-26-10-8-23(16-27(26)44-4)19-38-12-14-39(33)15-13-38/h5-11,16-18H,12-15,19-20H2,1-4H3,(H,35,36,37). The van der Waals surface area contributed by atoms with Gasteiger partial charge in [0.05, 0.1) is 38.3 Å². The van der Waals surface area contributed by atoms with Crippen molar-refractivity contribution in [3.05, 3.63) is 83.2 Å². The van der Waals surface area contributed by atoms with Crippen molar-refractivity contribution >= 4 is 46.8 Å². The molecule has 228 valence electrons. The average molecular weight is 615 g/mol. The number of nitrogens with zero attached hydrogens (tertiary/aromatic N) is 7. The number of ether oxygens (including phenoxy) is 2. The van der Waals surface area contributed by atoms with Gasteiger partial charge in [-0.05, 0) is 66.6 Å². The first kappa shape index (κ1) is 29.6. The second-order valence-corrected chi connectivity index (χ2v) is 11.4. The van der Waals surface area contributed by atoms with E-state index in [-0.39, 0.29) is 6.03 Å². The minimum absolute atomic E-state index is 0.255. The maximum absolute atomic E-state index is 14.2. The van der Waals surface area contributed by atoms with Crippen LogP contribution in [0.1, 0.15) is 22.3 Å². The van der Waals surface area contributed by atoms with Crippen molar-refractivity contribution in [3.63, 3.8) is 0 Å². The summed E-state index contributed by atoms with van der Waals surface area (Å²) in [5.41, 5.74) is 5.50. The van der Waals surface area contributed by atoms with Crippen LogP contribution in [0.2, 0.25) is 0 Å². The van der Waals surface area contributed by atoms with E-state index in [9.17, 15) is 4.79 Å². The number of hydrogen-bond donors (Lipinski definition) is 1. The molecule has 2 aliphatic rings. The van der Waals surface area contributed by atoms with Crippen LogP contribution in [0.3, 0.4) is 0 Å². The van der Waals surface area contributed by atoms with Crippen LogP contribution in [0, 0.1) is 13.8 Å². The summed E-state index contributed by atoms with van der Waals surface area (Å²) in [7, 11) is 3.22. The van der Waals surface area contributed by atoms with Crippen LogP contribution in [0.4, 0.5) is 33.8 Å². The van der Waals surface area contributed by atoms with Crippen LogP contribution >= 0.6 is 11.8 Å². The summed E-state index contributed by atoms with van der Waals surface area (Å²) in [6.07, 6.45) is 3.34. The van der Waals surface area contributed by atoms with E-state index in [0.717, 1.165) is 66.4 Å². The Morgan fingerprint density at radius 1 is 0.932 bits per heavy atom. The number of hydrogen-bond acceptors (Lipinski definition) is 9. The number of rotatable bonds is 8. The van der Waals surface area contributed by atoms with Crippen molar-refractivity contribution in [3.8, 4) is 11.5 Å². The van der Waals surface area contributed by atoms with Gasteiger partial charge in [-0.15, -0.1) is 0 Å². The molecule has 2 aromatic carbocycles. The molecule has 1 fully saturated rings. The van der Waals surface area contributed by atoms with Gasteiger partial charge in [0.2, 0.25) is 5.95 Å². The number of anilines is 5. The Morgan fingerprint density at radius 2 is 1.70 bits per heavy atom. The predicted molar refractivity (Wildman–Crippen MR) is 171 cm³/mol. The Labute approximate surface area is 262 Å². The Balaban J connectivity index is 1.32. The molecule has 0 saturated carbocycles. The average Bonchev–Trinajstić information content (AvgIpc) is 3.03. The third kappa shape index (κ3) is 5.99. The molecule has 4 heterocycles. The monoisotopic (exact) mass is 614 g/mol. The fourth-order valence-electron chi connectivity index (χ4n) is 5.65. The van der Waals surface area contributed by atoms with Crippen molar-refractivity contribution in [1.29, 1.82) is 0 Å². The molecule has 2 aromatic heterocycles. The lowest BCUT2D eigenvalue weighted by Gasteiger charge is -2.36. The van der Waals surface area contributed by atoms with Gasteiger partial charge in [-0.1, -0.05) is 24.3 Å². The Morgan fingerprint density at radius 3 is 2.39 bits per heavy atom. The normalized spacial score (nSPS) is 15.7. The zero-order valence-corrected chi connectivity index (χ0v) is 26.0. The van der Waals surface area contributed by atoms with Crippen molar-refractivity contribution in [2.45, 2.75) is 26.9 Å². The van der Waals surface area contributed by atoms with E-state index < -0.39 is 0 Å². The summed E-state index contributed by atoms with van der Waals surface area (Å²) in [5.74, 6) is 2.48. The van der Waals surface area contributed by atoms with Crippen molar-refractivity contribution in [1.82, 2.24) is 24.3 Å². The number of fused-ring (bicyclic) bond motifs is 1. The Kier molecular flexibility index (Phi) is 8.51. The van der Waals surface area contributed by atoms with Crippen LogP contribution in [0.5, 0.6) is 11.5 Å². The molecule has 12 heteroatoms. The maximum Gasteiger partial charge on any atom is 0.336 e. The lowest BCUT2D eigenvalue weighted by Crippen LogP contribution is -2.46. The van der Waals surface area contributed by atoms with Gasteiger partial charge >= 0.3 is 6.03 Å². The summed E-state index contributed by atoms with van der Waals surface area (Å²) < 4.78 is 12.9. The summed E-state index contributed by atoms with van der Waals surface area (Å²) in [5, 5.41) is 3.30. The van der Waals surface area contributed by atoms with E-state index in [1.54, 1.807) is 43.6 Å². The van der Waals surface area contributed by atoms with Crippen molar-refractivity contribution in [2.75, 3.05) is 55.5 Å². The maximum atomic E-state index is 14.2. The molecule has 6 rings (SSSR count). The molecule has 0 bridgehead atoms. The van der Waals surface area contributed by atoms with Gasteiger partial charge in [0.15, 0.2) is 5.82 Å². The van der Waals surface area contributed by atoms with E-state index in [4.69, 9.17) is 26.2 Å². The number of piperazine rings is 1. The molecular weight excluding hydrogens is 580 g/mol. The molecule has 2 aliphatic heterocycles. The largest absolute Gasteiger partial charge is 0.495 e. The van der Waals surface area contributed by atoms with Gasteiger partial charge in [-0.25, -0.2) is 24.1 Å². The number of para-hydroxylation sites is 1. The molecule has 4 aromatic rings. The zero-order chi connectivity index (χ0) is 30.8. The number of amides is 2. The van der Waals surface area contributed by atoms with Gasteiger partial charge in [0.1, 0.15) is 17.3 Å². The van der Waals surface area contributed by atoms with Gasteiger partial charge in [0, 0.05) is 44.5 Å². The van der Waals surface area contributed by atoms with Crippen LogP contribution in [-0.2, 0) is 13.1 Å². The second kappa shape index (κ2) is 12.7. The third-order valence-electron chi connectivity index (χ3n) is 7.94. The van der Waals surface area contributed by atoms with Crippen molar-refractivity contribution < 1.29 is 14.3 Å². The molecule has 0 aliphatic carbocycles. The van der Waals surface area contributed by atoms with Gasteiger partial charge in [-0.2, -0.15) is 4.98 Å². The molecule has 0 unspecified atom stereocenters. The van der Waals surface area contributed by atoms with Crippen molar-refractivity contribution in [2.24, 2.45) is 0 Å². The molecule has 44 heavy (non-hydrogen) atoms. The fraction of sp³-hybridized carbons (Fsp3) is 0.312. The molecule has 0 radical (unpaired) electrons. The first-order chi connectivity index (χ1) is 21.3. The molecule has 0 atom stereocenters. The highest BCUT2D eigenvalue weighted by Gasteiger charge is 2.36. The minimum atomic E-state index is -0.255. The van der Waals surface area contributed by atoms with Crippen LogP contribution in [-0.4, -0.2) is 70.7 Å². The van der Waals surface area contributed by atoms with Crippen LogP contribution in [0.15, 0.2) is 60.9 Å². The predicted octanol–water partition coefficient (Wildman–Crippen LogP) is 5.80. The fourth-order valence-corrected chi connectivity index (χ4v) is 5.80. The van der Waals surface area contributed by atoms with Gasteiger partial charge in [0.25, 0.3) is 0 Å². The highest BCUT2D eigenvalue weighted by Crippen LogP contribution is 2.38. The van der Waals surface area contributed by atoms with Crippen LogP contribution in [0.25, 0.3) is 0 Å². The van der Waals surface area contributed by atoms with E-state index in [0.29, 0.717) is 35.6 Å². The van der Waals surface area contributed by atoms with Gasteiger partial charge < -0.3 is 14.8 Å². The molecule has 1 N–H and O–H groups in total. The minimum Gasteiger partial charge on any atom is -0.495 e. The Bertz CT molecular complexity index is 1640. The summed E-state index contributed by atoms with van der Waals surface area (Å²) in [6, 6.07) is 15.3. The molecule has 1 saturated heterocycles. The number of nitrogens with one attached hydrogen (secondary N) is 1. The van der Waals surface area contributed by atoms with E-state index in [1.165, 1.54) is 4.90 Å². The number of aromatic nitrogens is 3. The smallest absolute Gasteiger partial charge is 0.336 e. The molecule has 2 amide bonds. The quantitative estimate of drug-likeness (QED) is 0.247. The van der Waals surface area contributed by atoms with E-state index >= 15 is 0 Å². The number of urea groups is 1. The number of methoxy groups -OCH3 is 2. The number of benzene rings is 2. The molecule has 11 nitrogen and oxygen atoms in total. The summed E-state index contributed by atoms with van der Waals surface area (Å²) >= 11 is 6.12. The van der Waals surface area contributed by atoms with E-state index in [2.05, 4.69) is 26.3 Å². The summed E-state index contributed by atoms with van der Waals surface area (Å²) in [4.78, 5) is 33.9. The zero-order valence-electron chi connectivity index (χ0n) is 25.2.